The van der Waals surface area contributed by atoms with Gasteiger partial charge in [0.05, 0.1) is 0 Å². The van der Waals surface area contributed by atoms with Crippen molar-refractivity contribution in [1.82, 2.24) is 10.2 Å². The predicted octanol–water partition coefficient (Wildman–Crippen LogP) is 6.13. The largest absolute Gasteiger partial charge is 0.481 e. The number of benzene rings is 3. The number of aryl methyl sites for hydroxylation is 1. The Morgan fingerprint density at radius 3 is 2.39 bits per heavy atom. The van der Waals surface area contributed by atoms with Gasteiger partial charge in [0.1, 0.15) is 16.8 Å². The van der Waals surface area contributed by atoms with E-state index in [0.29, 0.717) is 11.4 Å². The molecule has 0 unspecified atom stereocenters. The average Bonchev–Trinajstić information content (AvgIpc) is 3.30. The van der Waals surface area contributed by atoms with Gasteiger partial charge < -0.3 is 14.5 Å². The zero-order chi connectivity index (χ0) is 23.2. The van der Waals surface area contributed by atoms with E-state index in [0.717, 1.165) is 22.9 Å². The molecule has 4 rings (SSSR count). The molecule has 0 saturated carbocycles. The second-order valence-electron chi connectivity index (χ2n) is 7.38. The van der Waals surface area contributed by atoms with Gasteiger partial charge in [-0.25, -0.2) is 4.39 Å². The number of thioether (sulfide) groups is 1. The molecule has 2 atom stereocenters. The van der Waals surface area contributed by atoms with Crippen LogP contribution in [0.4, 0.5) is 10.1 Å². The van der Waals surface area contributed by atoms with E-state index < -0.39 is 11.4 Å². The number of aromatic nitrogens is 2. The summed E-state index contributed by atoms with van der Waals surface area (Å²) in [6.45, 7) is 3.74. The third-order valence-electron chi connectivity index (χ3n) is 4.77. The van der Waals surface area contributed by atoms with Crippen molar-refractivity contribution in [3.63, 3.8) is 0 Å². The molecule has 0 radical (unpaired) electrons. The molecular weight excluding hydrogens is 441 g/mol. The molecule has 4 aromatic rings. The van der Waals surface area contributed by atoms with Crippen LogP contribution in [-0.4, -0.2) is 16.1 Å². The third kappa shape index (κ3) is 5.98. The fourth-order valence-electron chi connectivity index (χ4n) is 3.05. The Labute approximate surface area is 195 Å². The molecule has 1 heterocycles. The van der Waals surface area contributed by atoms with Crippen LogP contribution in [-0.2, 0) is 4.79 Å². The second-order valence-corrected chi connectivity index (χ2v) is 8.44. The number of amides is 1. The molecule has 3 aromatic carbocycles. The first-order chi connectivity index (χ1) is 16.0. The quantitative estimate of drug-likeness (QED) is 0.317. The maximum atomic E-state index is 13.1. The third-order valence-corrected chi connectivity index (χ3v) is 5.86. The molecule has 0 aliphatic rings. The van der Waals surface area contributed by atoms with Crippen LogP contribution >= 0.6 is 11.8 Å². The van der Waals surface area contributed by atoms with Crippen LogP contribution in [0.15, 0.2) is 88.5 Å². The number of hydrogen-bond donors (Lipinski definition) is 1. The van der Waals surface area contributed by atoms with E-state index >= 15 is 0 Å². The zero-order valence-electron chi connectivity index (χ0n) is 18.1. The molecule has 0 aliphatic heterocycles. The van der Waals surface area contributed by atoms with Gasteiger partial charge in [-0.05, 0) is 67.6 Å². The summed E-state index contributed by atoms with van der Waals surface area (Å²) < 4.78 is 24.6. The average molecular weight is 464 g/mol. The Morgan fingerprint density at radius 1 is 1.00 bits per heavy atom. The van der Waals surface area contributed by atoms with Crippen LogP contribution < -0.4 is 10.1 Å². The highest BCUT2D eigenvalue weighted by Crippen LogP contribution is 2.36. The minimum atomic E-state index is -0.603. The molecule has 1 amide bonds. The first-order valence-electron chi connectivity index (χ1n) is 10.3. The maximum absolute atomic E-state index is 13.1. The van der Waals surface area contributed by atoms with Gasteiger partial charge in [0.2, 0.25) is 5.91 Å². The van der Waals surface area contributed by atoms with E-state index in [2.05, 4.69) is 15.5 Å². The molecule has 0 aliphatic carbocycles. The van der Waals surface area contributed by atoms with Crippen LogP contribution in [0.5, 0.6) is 5.75 Å². The number of carbonyl (C=O) groups excluding carboxylic acids is 1. The molecular formula is C25H22FN3O3S. The molecule has 1 N–H and O–H groups in total. The number of anilines is 1. The molecule has 0 spiro atoms. The lowest BCUT2D eigenvalue weighted by Crippen LogP contribution is -2.19. The summed E-state index contributed by atoms with van der Waals surface area (Å²) in [6, 6.07) is 22.7. The van der Waals surface area contributed by atoms with E-state index in [1.807, 2.05) is 61.5 Å². The Balaban J connectivity index is 1.49. The summed E-state index contributed by atoms with van der Waals surface area (Å²) in [5.74, 6) is 0.191. The highest BCUT2D eigenvalue weighted by molar-refractivity contribution is 8.00. The minimum absolute atomic E-state index is 0.203. The highest BCUT2D eigenvalue weighted by atomic mass is 32.2. The minimum Gasteiger partial charge on any atom is -0.481 e. The number of halogens is 1. The Kier molecular flexibility index (Phi) is 7.04. The van der Waals surface area contributed by atoms with Crippen molar-refractivity contribution >= 4 is 23.4 Å². The van der Waals surface area contributed by atoms with Gasteiger partial charge in [-0.1, -0.05) is 48.0 Å². The molecule has 6 nitrogen and oxygen atoms in total. The number of nitrogens with one attached hydrogen (secondary N) is 1. The van der Waals surface area contributed by atoms with Gasteiger partial charge in [0, 0.05) is 5.69 Å². The van der Waals surface area contributed by atoms with Crippen molar-refractivity contribution in [1.29, 1.82) is 0 Å². The van der Waals surface area contributed by atoms with Crippen LogP contribution in [0.25, 0.3) is 0 Å². The number of hydrogen-bond acceptors (Lipinski definition) is 6. The normalized spacial score (nSPS) is 12.7. The number of nitrogens with zero attached hydrogens (tertiary/aromatic N) is 2. The SMILES string of the molecule is Cc1ccc(NC(=O)[C@H](Sc2nnc([C@@H](C)Oc3ccc(F)cc3)o2)c2ccccc2)cc1. The lowest BCUT2D eigenvalue weighted by Gasteiger charge is -2.15. The molecule has 0 saturated heterocycles. The Morgan fingerprint density at radius 2 is 1.70 bits per heavy atom. The smallest absolute Gasteiger partial charge is 0.277 e. The van der Waals surface area contributed by atoms with Crippen LogP contribution in [0.1, 0.15) is 35.3 Å². The topological polar surface area (TPSA) is 77.2 Å². The summed E-state index contributed by atoms with van der Waals surface area (Å²) >= 11 is 1.16. The van der Waals surface area contributed by atoms with Gasteiger partial charge in [-0.3, -0.25) is 4.79 Å². The second kappa shape index (κ2) is 10.3. The van der Waals surface area contributed by atoms with Crippen molar-refractivity contribution in [3.05, 3.63) is 102 Å². The summed E-state index contributed by atoms with van der Waals surface area (Å²) in [5, 5.41) is 10.7. The van der Waals surface area contributed by atoms with E-state index in [9.17, 15) is 9.18 Å². The van der Waals surface area contributed by atoms with E-state index in [4.69, 9.17) is 9.15 Å². The fourth-order valence-corrected chi connectivity index (χ4v) is 3.93. The number of carbonyl (C=O) groups is 1. The molecule has 1 aromatic heterocycles. The van der Waals surface area contributed by atoms with Crippen molar-refractivity contribution in [2.24, 2.45) is 0 Å². The standard InChI is InChI=1S/C25H22FN3O3S/c1-16-8-12-20(13-9-16)27-23(30)22(18-6-4-3-5-7-18)33-25-29-28-24(32-25)17(2)31-21-14-10-19(26)11-15-21/h3-15,17,22H,1-2H3,(H,27,30)/t17-,22-/m1/s1. The molecule has 0 bridgehead atoms. The molecule has 0 fully saturated rings. The van der Waals surface area contributed by atoms with Crippen molar-refractivity contribution in [2.75, 3.05) is 5.32 Å². The van der Waals surface area contributed by atoms with Gasteiger partial charge in [0.15, 0.2) is 6.10 Å². The van der Waals surface area contributed by atoms with Gasteiger partial charge >= 0.3 is 0 Å². The Hall–Kier alpha value is -3.65. The van der Waals surface area contributed by atoms with Gasteiger partial charge in [-0.15, -0.1) is 10.2 Å². The predicted molar refractivity (Wildman–Crippen MR) is 125 cm³/mol. The van der Waals surface area contributed by atoms with Gasteiger partial charge in [0.25, 0.3) is 11.1 Å². The van der Waals surface area contributed by atoms with E-state index in [1.54, 1.807) is 6.92 Å². The zero-order valence-corrected chi connectivity index (χ0v) is 18.9. The first kappa shape index (κ1) is 22.5. The van der Waals surface area contributed by atoms with Crippen LogP contribution in [0.3, 0.4) is 0 Å². The molecule has 33 heavy (non-hydrogen) atoms. The van der Waals surface area contributed by atoms with E-state index in [1.165, 1.54) is 24.3 Å². The maximum Gasteiger partial charge on any atom is 0.277 e. The van der Waals surface area contributed by atoms with E-state index in [-0.39, 0.29) is 22.8 Å². The molecule has 8 heteroatoms. The molecule has 168 valence electrons. The van der Waals surface area contributed by atoms with Crippen molar-refractivity contribution in [3.8, 4) is 5.75 Å². The number of rotatable bonds is 8. The lowest BCUT2D eigenvalue weighted by molar-refractivity contribution is -0.115. The highest BCUT2D eigenvalue weighted by Gasteiger charge is 2.26. The Bertz CT molecular complexity index is 1200. The van der Waals surface area contributed by atoms with Gasteiger partial charge in [-0.2, -0.15) is 0 Å². The summed E-state index contributed by atoms with van der Waals surface area (Å²) in [6.07, 6.45) is -0.547. The first-order valence-corrected chi connectivity index (χ1v) is 11.2. The fraction of sp³-hybridized carbons (Fsp3) is 0.160. The summed E-state index contributed by atoms with van der Waals surface area (Å²) in [4.78, 5) is 13.1. The van der Waals surface area contributed by atoms with Crippen molar-refractivity contribution in [2.45, 2.75) is 30.4 Å². The number of ether oxygens (including phenoxy) is 1. The van der Waals surface area contributed by atoms with Crippen molar-refractivity contribution < 1.29 is 18.3 Å². The van der Waals surface area contributed by atoms with Crippen LogP contribution in [0, 0.1) is 12.7 Å². The lowest BCUT2D eigenvalue weighted by atomic mass is 10.1. The van der Waals surface area contributed by atoms with Crippen LogP contribution in [0.2, 0.25) is 0 Å². The summed E-state index contributed by atoms with van der Waals surface area (Å²) in [5.41, 5.74) is 2.62. The monoisotopic (exact) mass is 463 g/mol. The summed E-state index contributed by atoms with van der Waals surface area (Å²) in [7, 11) is 0.